The van der Waals surface area contributed by atoms with Crippen LogP contribution in [-0.2, 0) is 6.54 Å². The average Bonchev–Trinajstić information content (AvgIpc) is 2.39. The molecule has 0 fully saturated rings. The minimum absolute atomic E-state index is 0.637. The van der Waals surface area contributed by atoms with E-state index in [1.54, 1.807) is 13.2 Å². The van der Waals surface area contributed by atoms with Crippen LogP contribution in [0.3, 0.4) is 0 Å². The normalized spacial score (nSPS) is 10.4. The molecule has 0 aliphatic rings. The number of rotatable bonds is 4. The summed E-state index contributed by atoms with van der Waals surface area (Å²) in [5.74, 6) is 0.724. The van der Waals surface area contributed by atoms with E-state index < -0.39 is 0 Å². The highest BCUT2D eigenvalue weighted by atomic mass is 79.9. The number of halogens is 4. The van der Waals surface area contributed by atoms with Gasteiger partial charge in [0.15, 0.2) is 5.75 Å². The monoisotopic (exact) mass is 437 g/mol. The molecular formula is C14H11Br2Cl2NO. The van der Waals surface area contributed by atoms with Gasteiger partial charge in [0.25, 0.3) is 0 Å². The molecule has 0 saturated carbocycles. The fourth-order valence-corrected chi connectivity index (χ4v) is 3.26. The van der Waals surface area contributed by atoms with E-state index in [-0.39, 0.29) is 0 Å². The lowest BCUT2D eigenvalue weighted by atomic mass is 10.2. The second-order valence-electron chi connectivity index (χ2n) is 4.07. The molecule has 20 heavy (non-hydrogen) atoms. The lowest BCUT2D eigenvalue weighted by Gasteiger charge is -2.13. The maximum Gasteiger partial charge on any atom is 0.156 e. The highest BCUT2D eigenvalue weighted by Crippen LogP contribution is 2.36. The molecule has 2 rings (SSSR count). The second-order valence-corrected chi connectivity index (χ2v) is 6.62. The van der Waals surface area contributed by atoms with Crippen molar-refractivity contribution in [2.75, 3.05) is 12.4 Å². The Morgan fingerprint density at radius 3 is 2.50 bits per heavy atom. The number of hydrogen-bond acceptors (Lipinski definition) is 2. The summed E-state index contributed by atoms with van der Waals surface area (Å²) in [6.45, 7) is 0.638. The molecule has 0 saturated heterocycles. The maximum atomic E-state index is 6.06. The zero-order chi connectivity index (χ0) is 14.7. The van der Waals surface area contributed by atoms with Crippen molar-refractivity contribution in [3.05, 3.63) is 54.9 Å². The Kier molecular flexibility index (Phi) is 5.61. The van der Waals surface area contributed by atoms with Crippen LogP contribution in [0.25, 0.3) is 0 Å². The predicted molar refractivity (Wildman–Crippen MR) is 92.2 cm³/mol. The Hall–Kier alpha value is -0.420. The number of ether oxygens (including phenoxy) is 1. The first kappa shape index (κ1) is 16.0. The number of methoxy groups -OCH3 is 1. The van der Waals surface area contributed by atoms with E-state index in [1.165, 1.54) is 0 Å². The van der Waals surface area contributed by atoms with Gasteiger partial charge in [0.05, 0.1) is 22.3 Å². The minimum Gasteiger partial charge on any atom is -0.493 e. The van der Waals surface area contributed by atoms with Crippen LogP contribution in [0.2, 0.25) is 10.0 Å². The topological polar surface area (TPSA) is 21.3 Å². The molecule has 0 spiro atoms. The van der Waals surface area contributed by atoms with Crippen LogP contribution in [0.5, 0.6) is 5.75 Å². The summed E-state index contributed by atoms with van der Waals surface area (Å²) in [4.78, 5) is 0. The lowest BCUT2D eigenvalue weighted by Crippen LogP contribution is -2.02. The zero-order valence-electron chi connectivity index (χ0n) is 10.5. The van der Waals surface area contributed by atoms with Crippen LogP contribution in [0.4, 0.5) is 5.69 Å². The van der Waals surface area contributed by atoms with E-state index in [2.05, 4.69) is 37.2 Å². The third kappa shape index (κ3) is 3.82. The molecule has 0 unspecified atom stereocenters. The molecule has 106 valence electrons. The fraction of sp³-hybridized carbons (Fsp3) is 0.143. The average molecular weight is 440 g/mol. The van der Waals surface area contributed by atoms with Crippen molar-refractivity contribution < 1.29 is 4.74 Å². The van der Waals surface area contributed by atoms with Gasteiger partial charge in [-0.1, -0.05) is 29.3 Å². The molecule has 1 N–H and O–H groups in total. The number of hydrogen-bond donors (Lipinski definition) is 1. The van der Waals surface area contributed by atoms with Gasteiger partial charge in [0.2, 0.25) is 0 Å². The van der Waals surface area contributed by atoms with Gasteiger partial charge in [-0.3, -0.25) is 0 Å². The van der Waals surface area contributed by atoms with Crippen molar-refractivity contribution in [2.45, 2.75) is 6.54 Å². The van der Waals surface area contributed by atoms with Gasteiger partial charge in [0.1, 0.15) is 0 Å². The van der Waals surface area contributed by atoms with Crippen LogP contribution in [0, 0.1) is 0 Å². The third-order valence-corrected chi connectivity index (χ3v) is 4.70. The SMILES string of the molecule is COc1c(Br)cc(Cl)cc1NCc1ccc(Cl)c(Br)c1. The third-order valence-electron chi connectivity index (χ3n) is 2.68. The van der Waals surface area contributed by atoms with E-state index in [0.717, 1.165) is 25.9 Å². The molecule has 0 aromatic heterocycles. The van der Waals surface area contributed by atoms with E-state index in [9.17, 15) is 0 Å². The summed E-state index contributed by atoms with van der Waals surface area (Å²) in [5, 5.41) is 4.63. The smallest absolute Gasteiger partial charge is 0.156 e. The summed E-state index contributed by atoms with van der Waals surface area (Å²) in [5.41, 5.74) is 1.93. The predicted octanol–water partition coefficient (Wildman–Crippen LogP) is 6.14. The highest BCUT2D eigenvalue weighted by Gasteiger charge is 2.09. The van der Waals surface area contributed by atoms with E-state index in [0.29, 0.717) is 16.6 Å². The maximum absolute atomic E-state index is 6.06. The van der Waals surface area contributed by atoms with Gasteiger partial charge < -0.3 is 10.1 Å². The Morgan fingerprint density at radius 1 is 1.10 bits per heavy atom. The molecule has 0 amide bonds. The number of nitrogens with one attached hydrogen (secondary N) is 1. The first-order valence-corrected chi connectivity index (χ1v) is 8.06. The van der Waals surface area contributed by atoms with Crippen LogP contribution < -0.4 is 10.1 Å². The Morgan fingerprint density at radius 2 is 1.85 bits per heavy atom. The minimum atomic E-state index is 0.637. The molecule has 2 aromatic rings. The van der Waals surface area contributed by atoms with Crippen LogP contribution in [0.1, 0.15) is 5.56 Å². The summed E-state index contributed by atoms with van der Waals surface area (Å²) < 4.78 is 7.05. The highest BCUT2D eigenvalue weighted by molar-refractivity contribution is 9.10. The van der Waals surface area contributed by atoms with Gasteiger partial charge >= 0.3 is 0 Å². The van der Waals surface area contributed by atoms with Crippen molar-refractivity contribution in [2.24, 2.45) is 0 Å². The van der Waals surface area contributed by atoms with E-state index >= 15 is 0 Å². The largest absolute Gasteiger partial charge is 0.493 e. The van der Waals surface area contributed by atoms with Crippen LogP contribution in [-0.4, -0.2) is 7.11 Å². The summed E-state index contributed by atoms with van der Waals surface area (Å²) >= 11 is 18.9. The first-order valence-electron chi connectivity index (χ1n) is 5.72. The molecular weight excluding hydrogens is 429 g/mol. The lowest BCUT2D eigenvalue weighted by molar-refractivity contribution is 0.414. The van der Waals surface area contributed by atoms with Gasteiger partial charge in [-0.2, -0.15) is 0 Å². The summed E-state index contributed by atoms with van der Waals surface area (Å²) in [7, 11) is 1.62. The molecule has 0 radical (unpaired) electrons. The van der Waals surface area contributed by atoms with Crippen LogP contribution in [0.15, 0.2) is 39.3 Å². The molecule has 2 aromatic carbocycles. The molecule has 0 atom stereocenters. The van der Waals surface area contributed by atoms with Crippen molar-refractivity contribution >= 4 is 60.7 Å². The van der Waals surface area contributed by atoms with Crippen molar-refractivity contribution in [3.63, 3.8) is 0 Å². The van der Waals surface area contributed by atoms with E-state index in [4.69, 9.17) is 27.9 Å². The fourth-order valence-electron chi connectivity index (χ4n) is 1.75. The van der Waals surface area contributed by atoms with Crippen molar-refractivity contribution in [3.8, 4) is 5.75 Å². The molecule has 0 bridgehead atoms. The van der Waals surface area contributed by atoms with Gasteiger partial charge in [0, 0.05) is 16.0 Å². The summed E-state index contributed by atoms with van der Waals surface area (Å²) in [6, 6.07) is 9.42. The van der Waals surface area contributed by atoms with Gasteiger partial charge in [-0.15, -0.1) is 0 Å². The molecule has 0 heterocycles. The quantitative estimate of drug-likeness (QED) is 0.617. The summed E-state index contributed by atoms with van der Waals surface area (Å²) in [6.07, 6.45) is 0. The molecule has 6 heteroatoms. The van der Waals surface area contributed by atoms with Crippen molar-refractivity contribution in [1.82, 2.24) is 0 Å². The second kappa shape index (κ2) is 7.03. The zero-order valence-corrected chi connectivity index (χ0v) is 15.2. The number of anilines is 1. The van der Waals surface area contributed by atoms with E-state index in [1.807, 2.05) is 24.3 Å². The standard InChI is InChI=1S/C14H11Br2Cl2NO/c1-20-14-11(16)5-9(17)6-13(14)19-7-8-2-3-12(18)10(15)4-8/h2-6,19H,7H2,1H3. The first-order chi connectivity index (χ1) is 9.51. The van der Waals surface area contributed by atoms with Crippen LogP contribution >= 0.6 is 55.1 Å². The number of benzene rings is 2. The van der Waals surface area contributed by atoms with Gasteiger partial charge in [-0.05, 0) is 61.7 Å². The molecule has 2 nitrogen and oxygen atoms in total. The Balaban J connectivity index is 2.20. The van der Waals surface area contributed by atoms with Crippen molar-refractivity contribution in [1.29, 1.82) is 0 Å². The Bertz CT molecular complexity index is 635. The molecule has 0 aliphatic heterocycles. The van der Waals surface area contributed by atoms with Gasteiger partial charge in [-0.25, -0.2) is 0 Å². The Labute approximate surface area is 144 Å². The molecule has 0 aliphatic carbocycles.